The first-order valence-corrected chi connectivity index (χ1v) is 9.09. The van der Waals surface area contributed by atoms with E-state index >= 15 is 0 Å². The smallest absolute Gasteiger partial charge is 0.334 e. The Hall–Kier alpha value is -1.69. The Bertz CT molecular complexity index is 649. The van der Waals surface area contributed by atoms with E-state index in [2.05, 4.69) is 35.6 Å². The van der Waals surface area contributed by atoms with Crippen molar-refractivity contribution in [2.24, 2.45) is 5.92 Å². The van der Waals surface area contributed by atoms with Gasteiger partial charge < -0.3 is 9.88 Å². The molecule has 0 aliphatic carbocycles. The van der Waals surface area contributed by atoms with Gasteiger partial charge in [0.1, 0.15) is 5.69 Å². The molecule has 1 amide bonds. The van der Waals surface area contributed by atoms with Crippen molar-refractivity contribution >= 4 is 5.91 Å². The first-order chi connectivity index (χ1) is 11.4. The number of aromatic nitrogens is 2. The zero-order valence-corrected chi connectivity index (χ0v) is 14.9. The largest absolute Gasteiger partial charge is 0.345 e. The number of nitrogens with one attached hydrogen (secondary N) is 1. The summed E-state index contributed by atoms with van der Waals surface area (Å²) in [6.07, 6.45) is 4.55. The molecule has 1 unspecified atom stereocenters. The van der Waals surface area contributed by atoms with E-state index in [1.807, 2.05) is 4.90 Å². The molecule has 24 heavy (non-hydrogen) atoms. The third-order valence-electron chi connectivity index (χ3n) is 5.12. The lowest BCUT2D eigenvalue weighted by Gasteiger charge is -2.49. The maximum Gasteiger partial charge on any atom is 0.345 e. The molecule has 0 spiro atoms. The van der Waals surface area contributed by atoms with Gasteiger partial charge in [-0.2, -0.15) is 4.98 Å². The molecule has 0 saturated carbocycles. The summed E-state index contributed by atoms with van der Waals surface area (Å²) in [6.45, 7) is 9.07. The SMILES string of the molecule is CC(C)Cc1cc(C(=O)N2CC(N3CCCCC3C)C2)nc(=O)[nH]1. The van der Waals surface area contributed by atoms with Gasteiger partial charge in [0.15, 0.2) is 0 Å². The summed E-state index contributed by atoms with van der Waals surface area (Å²) in [4.78, 5) is 35.3. The van der Waals surface area contributed by atoms with Crippen molar-refractivity contribution in [2.45, 2.75) is 58.5 Å². The maximum atomic E-state index is 12.6. The summed E-state index contributed by atoms with van der Waals surface area (Å²) in [7, 11) is 0. The monoisotopic (exact) mass is 332 g/mol. The van der Waals surface area contributed by atoms with E-state index in [9.17, 15) is 9.59 Å². The molecule has 1 atom stereocenters. The van der Waals surface area contributed by atoms with E-state index in [1.165, 1.54) is 19.3 Å². The van der Waals surface area contributed by atoms with Crippen LogP contribution in [0.15, 0.2) is 10.9 Å². The van der Waals surface area contributed by atoms with Crippen LogP contribution in [0.25, 0.3) is 0 Å². The van der Waals surface area contributed by atoms with Gasteiger partial charge in [-0.3, -0.25) is 9.69 Å². The average Bonchev–Trinajstić information content (AvgIpc) is 2.46. The molecule has 0 radical (unpaired) electrons. The fraction of sp³-hybridized carbons (Fsp3) is 0.722. The van der Waals surface area contributed by atoms with E-state index < -0.39 is 5.69 Å². The highest BCUT2D eigenvalue weighted by Crippen LogP contribution is 2.25. The van der Waals surface area contributed by atoms with Crippen LogP contribution in [0.2, 0.25) is 0 Å². The Balaban J connectivity index is 1.64. The lowest BCUT2D eigenvalue weighted by molar-refractivity contribution is 0.00177. The van der Waals surface area contributed by atoms with Crippen LogP contribution in [0, 0.1) is 5.92 Å². The molecule has 3 rings (SSSR count). The second-order valence-electron chi connectivity index (χ2n) is 7.64. The number of H-pyrrole nitrogens is 1. The number of piperidine rings is 1. The van der Waals surface area contributed by atoms with Gasteiger partial charge in [0.05, 0.1) is 0 Å². The molecule has 1 N–H and O–H groups in total. The molecule has 1 aromatic rings. The number of aromatic amines is 1. The third kappa shape index (κ3) is 3.69. The number of rotatable bonds is 4. The second kappa shape index (κ2) is 7.05. The molecule has 6 heteroatoms. The minimum absolute atomic E-state index is 0.119. The van der Waals surface area contributed by atoms with E-state index in [1.54, 1.807) is 6.07 Å². The molecule has 2 fully saturated rings. The zero-order valence-electron chi connectivity index (χ0n) is 14.9. The molecule has 0 bridgehead atoms. The molecule has 2 aliphatic heterocycles. The van der Waals surface area contributed by atoms with Crippen LogP contribution in [0.3, 0.4) is 0 Å². The van der Waals surface area contributed by atoms with E-state index in [4.69, 9.17) is 0 Å². The van der Waals surface area contributed by atoms with Crippen molar-refractivity contribution in [3.05, 3.63) is 27.9 Å². The van der Waals surface area contributed by atoms with Crippen molar-refractivity contribution in [1.82, 2.24) is 19.8 Å². The normalized spacial score (nSPS) is 22.7. The van der Waals surface area contributed by atoms with E-state index in [0.717, 1.165) is 31.7 Å². The summed E-state index contributed by atoms with van der Waals surface area (Å²) < 4.78 is 0. The Labute approximate surface area is 143 Å². The summed E-state index contributed by atoms with van der Waals surface area (Å²) in [5.74, 6) is 0.298. The fourth-order valence-electron chi connectivity index (χ4n) is 3.82. The van der Waals surface area contributed by atoms with Gasteiger partial charge in [-0.05, 0) is 44.7 Å². The summed E-state index contributed by atoms with van der Waals surface area (Å²) in [5.41, 5.74) is 0.632. The molecular weight excluding hydrogens is 304 g/mol. The number of nitrogens with zero attached hydrogens (tertiary/aromatic N) is 3. The van der Waals surface area contributed by atoms with Crippen LogP contribution in [0.4, 0.5) is 0 Å². The van der Waals surface area contributed by atoms with Crippen molar-refractivity contribution in [1.29, 1.82) is 0 Å². The predicted octanol–water partition coefficient (Wildman–Crippen LogP) is 1.67. The summed E-state index contributed by atoms with van der Waals surface area (Å²) >= 11 is 0. The van der Waals surface area contributed by atoms with Crippen LogP contribution < -0.4 is 5.69 Å². The summed E-state index contributed by atoms with van der Waals surface area (Å²) in [5, 5.41) is 0. The maximum absolute atomic E-state index is 12.6. The minimum Gasteiger partial charge on any atom is -0.334 e. The quantitative estimate of drug-likeness (QED) is 0.910. The Morgan fingerprint density at radius 3 is 2.79 bits per heavy atom. The Morgan fingerprint density at radius 1 is 1.38 bits per heavy atom. The molecule has 1 aromatic heterocycles. The lowest BCUT2D eigenvalue weighted by atomic mass is 9.97. The number of amides is 1. The van der Waals surface area contributed by atoms with Crippen molar-refractivity contribution in [3.63, 3.8) is 0 Å². The van der Waals surface area contributed by atoms with Gasteiger partial charge in [-0.15, -0.1) is 0 Å². The number of carbonyl (C=O) groups is 1. The molecule has 2 aliphatic rings. The van der Waals surface area contributed by atoms with Gasteiger partial charge in [0.2, 0.25) is 0 Å². The Kier molecular flexibility index (Phi) is 5.04. The number of likely N-dealkylation sites (tertiary alicyclic amines) is 2. The number of hydrogen-bond acceptors (Lipinski definition) is 4. The molecule has 132 valence electrons. The van der Waals surface area contributed by atoms with E-state index in [-0.39, 0.29) is 11.6 Å². The lowest BCUT2D eigenvalue weighted by Crippen LogP contribution is -2.63. The van der Waals surface area contributed by atoms with Gasteiger partial charge in [0, 0.05) is 30.9 Å². The van der Waals surface area contributed by atoms with Crippen molar-refractivity contribution < 1.29 is 4.79 Å². The number of carbonyl (C=O) groups excluding carboxylic acids is 1. The second-order valence-corrected chi connectivity index (χ2v) is 7.64. The fourth-order valence-corrected chi connectivity index (χ4v) is 3.82. The average molecular weight is 332 g/mol. The first-order valence-electron chi connectivity index (χ1n) is 9.09. The van der Waals surface area contributed by atoms with Crippen LogP contribution in [-0.4, -0.2) is 57.4 Å². The van der Waals surface area contributed by atoms with Crippen LogP contribution >= 0.6 is 0 Å². The Morgan fingerprint density at radius 2 is 2.12 bits per heavy atom. The van der Waals surface area contributed by atoms with Crippen LogP contribution in [0.5, 0.6) is 0 Å². The highest BCUT2D eigenvalue weighted by atomic mass is 16.2. The zero-order chi connectivity index (χ0) is 17.3. The number of hydrogen-bond donors (Lipinski definition) is 1. The minimum atomic E-state index is -0.432. The van der Waals surface area contributed by atoms with Crippen LogP contribution in [0.1, 0.15) is 56.2 Å². The topological polar surface area (TPSA) is 69.3 Å². The molecule has 3 heterocycles. The van der Waals surface area contributed by atoms with E-state index in [0.29, 0.717) is 18.0 Å². The molecule has 2 saturated heterocycles. The van der Waals surface area contributed by atoms with Gasteiger partial charge in [0.25, 0.3) is 5.91 Å². The highest BCUT2D eigenvalue weighted by Gasteiger charge is 2.38. The van der Waals surface area contributed by atoms with Crippen molar-refractivity contribution in [3.8, 4) is 0 Å². The van der Waals surface area contributed by atoms with Crippen LogP contribution in [-0.2, 0) is 6.42 Å². The van der Waals surface area contributed by atoms with Gasteiger partial charge in [-0.1, -0.05) is 20.3 Å². The molecular formula is C18H28N4O2. The van der Waals surface area contributed by atoms with Gasteiger partial charge in [-0.25, -0.2) is 4.79 Å². The predicted molar refractivity (Wildman–Crippen MR) is 93.1 cm³/mol. The first kappa shape index (κ1) is 17.1. The molecule has 6 nitrogen and oxygen atoms in total. The molecule has 0 aromatic carbocycles. The van der Waals surface area contributed by atoms with Crippen molar-refractivity contribution in [2.75, 3.05) is 19.6 Å². The highest BCUT2D eigenvalue weighted by molar-refractivity contribution is 5.93. The summed E-state index contributed by atoms with van der Waals surface area (Å²) in [6, 6.07) is 2.80. The third-order valence-corrected chi connectivity index (χ3v) is 5.12. The van der Waals surface area contributed by atoms with Gasteiger partial charge >= 0.3 is 5.69 Å². The standard InChI is InChI=1S/C18H28N4O2/c1-12(2)8-14-9-16(20-18(24)19-14)17(23)21-10-15(11-21)22-7-5-4-6-13(22)3/h9,12-13,15H,4-8,10-11H2,1-3H3,(H,19,20,24).